The molecule has 2 aliphatic heterocycles. The molecule has 0 N–H and O–H groups in total. The zero-order valence-electron chi connectivity index (χ0n) is 19.5. The first-order chi connectivity index (χ1) is 16.6. The Morgan fingerprint density at radius 2 is 1.68 bits per heavy atom. The van der Waals surface area contributed by atoms with E-state index in [1.807, 2.05) is 47.1 Å². The summed E-state index contributed by atoms with van der Waals surface area (Å²) in [5, 5.41) is 0. The van der Waals surface area contributed by atoms with Gasteiger partial charge in [-0.15, -0.1) is 0 Å². The van der Waals surface area contributed by atoms with E-state index >= 15 is 0 Å². The third-order valence-corrected chi connectivity index (χ3v) is 6.66. The van der Waals surface area contributed by atoms with Crippen LogP contribution in [0.25, 0.3) is 11.0 Å². The van der Waals surface area contributed by atoms with Gasteiger partial charge in [-0.3, -0.25) is 4.79 Å². The molecule has 1 amide bonds. The first-order valence-corrected chi connectivity index (χ1v) is 12.1. The first kappa shape index (κ1) is 22.4. The van der Waals surface area contributed by atoms with Crippen LogP contribution in [0.2, 0.25) is 0 Å². The van der Waals surface area contributed by atoms with Crippen LogP contribution in [0.4, 0.5) is 15.9 Å². The Bertz CT molecular complexity index is 1160. The molecule has 8 heteroatoms. The summed E-state index contributed by atoms with van der Waals surface area (Å²) in [6.07, 6.45) is 1.76. The summed E-state index contributed by atoms with van der Waals surface area (Å²) < 4.78 is 20.0. The van der Waals surface area contributed by atoms with Crippen LogP contribution in [0, 0.1) is 11.7 Å². The number of piperazine rings is 1. The van der Waals surface area contributed by atoms with Crippen LogP contribution >= 0.6 is 0 Å². The predicted octanol–water partition coefficient (Wildman–Crippen LogP) is 3.73. The van der Waals surface area contributed by atoms with Crippen LogP contribution in [-0.2, 0) is 4.79 Å². The van der Waals surface area contributed by atoms with Crippen molar-refractivity contribution in [2.24, 2.45) is 5.92 Å². The molecule has 7 nitrogen and oxygen atoms in total. The van der Waals surface area contributed by atoms with Crippen molar-refractivity contribution < 1.29 is 13.9 Å². The van der Waals surface area contributed by atoms with E-state index in [9.17, 15) is 9.18 Å². The van der Waals surface area contributed by atoms with Crippen molar-refractivity contribution in [3.8, 4) is 5.88 Å². The van der Waals surface area contributed by atoms with E-state index in [2.05, 4.69) is 9.88 Å². The van der Waals surface area contributed by atoms with Crippen molar-refractivity contribution in [3.63, 3.8) is 0 Å². The van der Waals surface area contributed by atoms with E-state index < -0.39 is 0 Å². The number of hydrogen-bond acceptors (Lipinski definition) is 6. The summed E-state index contributed by atoms with van der Waals surface area (Å²) in [7, 11) is 0. The SMILES string of the molecule is CCOc1nc2ccccc2nc1N1CCCC(C(=O)N2CCN(c3ccccc3F)CC2)C1. The van der Waals surface area contributed by atoms with Crippen molar-refractivity contribution in [3.05, 3.63) is 54.3 Å². The molecule has 0 radical (unpaired) electrons. The lowest BCUT2D eigenvalue weighted by atomic mass is 9.96. The van der Waals surface area contributed by atoms with Gasteiger partial charge in [-0.25, -0.2) is 14.4 Å². The second-order valence-electron chi connectivity index (χ2n) is 8.82. The Morgan fingerprint density at radius 3 is 2.41 bits per heavy atom. The molecule has 2 aromatic carbocycles. The van der Waals surface area contributed by atoms with E-state index in [0.717, 1.165) is 30.4 Å². The van der Waals surface area contributed by atoms with Crippen molar-refractivity contribution in [2.75, 3.05) is 55.7 Å². The highest BCUT2D eigenvalue weighted by Crippen LogP contribution is 2.31. The molecule has 1 aromatic heterocycles. The molecule has 2 saturated heterocycles. The normalized spacial score (nSPS) is 18.9. The molecular weight excluding hydrogens is 433 g/mol. The van der Waals surface area contributed by atoms with E-state index in [1.54, 1.807) is 12.1 Å². The third kappa shape index (κ3) is 4.49. The number of nitrogens with zero attached hydrogens (tertiary/aromatic N) is 5. The van der Waals surface area contributed by atoms with Crippen molar-refractivity contribution >= 4 is 28.4 Å². The number of halogens is 1. The molecule has 2 aliphatic rings. The van der Waals surface area contributed by atoms with Crippen molar-refractivity contribution in [1.29, 1.82) is 0 Å². The predicted molar refractivity (Wildman–Crippen MR) is 131 cm³/mol. The molecule has 2 fully saturated rings. The zero-order chi connectivity index (χ0) is 23.5. The number of para-hydroxylation sites is 3. The number of benzene rings is 2. The average Bonchev–Trinajstić information content (AvgIpc) is 2.88. The van der Waals surface area contributed by atoms with E-state index in [4.69, 9.17) is 9.72 Å². The van der Waals surface area contributed by atoms with Crippen LogP contribution in [-0.4, -0.2) is 66.7 Å². The van der Waals surface area contributed by atoms with E-state index in [-0.39, 0.29) is 17.6 Å². The number of hydrogen-bond donors (Lipinski definition) is 0. The minimum Gasteiger partial charge on any atom is -0.475 e. The number of rotatable bonds is 5. The monoisotopic (exact) mass is 463 g/mol. The maximum absolute atomic E-state index is 14.2. The Balaban J connectivity index is 1.28. The van der Waals surface area contributed by atoms with Crippen LogP contribution < -0.4 is 14.5 Å². The molecule has 1 atom stereocenters. The standard InChI is InChI=1S/C26H30FN5O2/c1-2-34-25-24(28-21-10-4-5-11-22(21)29-25)32-13-7-8-19(18-32)26(33)31-16-14-30(15-17-31)23-12-6-3-9-20(23)27/h3-6,9-12,19H,2,7-8,13-18H2,1H3. The van der Waals surface area contributed by atoms with E-state index in [1.165, 1.54) is 6.07 Å². The van der Waals surface area contributed by atoms with Gasteiger partial charge in [0.15, 0.2) is 5.82 Å². The summed E-state index contributed by atoms with van der Waals surface area (Å²) in [4.78, 5) is 29.0. The van der Waals surface area contributed by atoms with Gasteiger partial charge in [0, 0.05) is 39.3 Å². The first-order valence-electron chi connectivity index (χ1n) is 12.1. The molecule has 0 spiro atoms. The fourth-order valence-electron chi connectivity index (χ4n) is 4.92. The van der Waals surface area contributed by atoms with Crippen molar-refractivity contribution in [2.45, 2.75) is 19.8 Å². The quantitative estimate of drug-likeness (QED) is 0.575. The molecule has 178 valence electrons. The number of anilines is 2. The van der Waals surface area contributed by atoms with Crippen LogP contribution in [0.15, 0.2) is 48.5 Å². The van der Waals surface area contributed by atoms with Gasteiger partial charge in [0.25, 0.3) is 5.88 Å². The van der Waals surface area contributed by atoms with E-state index in [0.29, 0.717) is 56.7 Å². The van der Waals surface area contributed by atoms with Gasteiger partial charge in [0.1, 0.15) is 5.82 Å². The Labute approximate surface area is 199 Å². The molecular formula is C26H30FN5O2. The van der Waals surface area contributed by atoms with Crippen molar-refractivity contribution in [1.82, 2.24) is 14.9 Å². The largest absolute Gasteiger partial charge is 0.475 e. The van der Waals surface area contributed by atoms with Gasteiger partial charge in [0.2, 0.25) is 5.91 Å². The van der Waals surface area contributed by atoms with Crippen LogP contribution in [0.5, 0.6) is 5.88 Å². The summed E-state index contributed by atoms with van der Waals surface area (Å²) in [6, 6.07) is 14.6. The van der Waals surface area contributed by atoms with Gasteiger partial charge >= 0.3 is 0 Å². The summed E-state index contributed by atoms with van der Waals surface area (Å²) in [6.45, 7) is 6.32. The van der Waals surface area contributed by atoms with Crippen LogP contribution in [0.3, 0.4) is 0 Å². The highest BCUT2D eigenvalue weighted by molar-refractivity contribution is 5.81. The highest BCUT2D eigenvalue weighted by Gasteiger charge is 2.33. The number of aromatic nitrogens is 2. The highest BCUT2D eigenvalue weighted by atomic mass is 19.1. The number of carbonyl (C=O) groups excluding carboxylic acids is 1. The fourth-order valence-corrected chi connectivity index (χ4v) is 4.92. The lowest BCUT2D eigenvalue weighted by Crippen LogP contribution is -2.53. The minimum absolute atomic E-state index is 0.100. The van der Waals surface area contributed by atoms with Gasteiger partial charge in [-0.2, -0.15) is 0 Å². The third-order valence-electron chi connectivity index (χ3n) is 6.66. The second-order valence-corrected chi connectivity index (χ2v) is 8.82. The maximum atomic E-state index is 14.2. The number of fused-ring (bicyclic) bond motifs is 1. The molecule has 34 heavy (non-hydrogen) atoms. The van der Waals surface area contributed by atoms with Gasteiger partial charge < -0.3 is 19.4 Å². The average molecular weight is 464 g/mol. The summed E-state index contributed by atoms with van der Waals surface area (Å²) >= 11 is 0. The lowest BCUT2D eigenvalue weighted by molar-refractivity contribution is -0.136. The molecule has 0 saturated carbocycles. The Hall–Kier alpha value is -3.42. The van der Waals surface area contributed by atoms with Gasteiger partial charge in [0.05, 0.1) is 29.2 Å². The minimum atomic E-state index is -0.216. The molecule has 5 rings (SSSR count). The van der Waals surface area contributed by atoms with Crippen LogP contribution in [0.1, 0.15) is 19.8 Å². The lowest BCUT2D eigenvalue weighted by Gasteiger charge is -2.40. The molecule has 0 bridgehead atoms. The number of carbonyl (C=O) groups is 1. The smallest absolute Gasteiger partial charge is 0.258 e. The Morgan fingerprint density at radius 1 is 0.971 bits per heavy atom. The number of piperidine rings is 1. The molecule has 0 aliphatic carbocycles. The zero-order valence-corrected chi connectivity index (χ0v) is 19.5. The summed E-state index contributed by atoms with van der Waals surface area (Å²) in [5.41, 5.74) is 2.22. The second kappa shape index (κ2) is 9.83. The molecule has 3 heterocycles. The van der Waals surface area contributed by atoms with Gasteiger partial charge in [-0.1, -0.05) is 24.3 Å². The molecule has 1 unspecified atom stereocenters. The maximum Gasteiger partial charge on any atom is 0.258 e. The number of ether oxygens (including phenoxy) is 1. The number of amides is 1. The topological polar surface area (TPSA) is 61.8 Å². The van der Waals surface area contributed by atoms with Gasteiger partial charge in [-0.05, 0) is 44.0 Å². The molecule has 3 aromatic rings. The Kier molecular flexibility index (Phi) is 6.47. The fraction of sp³-hybridized carbons (Fsp3) is 0.423. The summed E-state index contributed by atoms with van der Waals surface area (Å²) in [5.74, 6) is 1.09.